The van der Waals surface area contributed by atoms with Crippen LogP contribution in [0.3, 0.4) is 0 Å². The monoisotopic (exact) mass is 277 g/mol. The maximum Gasteiger partial charge on any atom is 0.161 e. The fraction of sp³-hybridized carbons (Fsp3) is 0.647. The van der Waals surface area contributed by atoms with Crippen LogP contribution < -0.4 is 14.8 Å². The Labute approximate surface area is 122 Å². The molecule has 1 aromatic carbocycles. The number of rotatable bonds is 9. The maximum atomic E-state index is 5.90. The number of methoxy groups -OCH3 is 1. The summed E-state index contributed by atoms with van der Waals surface area (Å²) in [6.07, 6.45) is 4.91. The van der Waals surface area contributed by atoms with E-state index < -0.39 is 0 Å². The molecule has 1 unspecified atom stereocenters. The van der Waals surface area contributed by atoms with Crippen LogP contribution in [0.25, 0.3) is 0 Å². The van der Waals surface area contributed by atoms with Crippen molar-refractivity contribution in [3.05, 3.63) is 24.3 Å². The molecule has 0 amide bonds. The Morgan fingerprint density at radius 3 is 2.55 bits per heavy atom. The lowest BCUT2D eigenvalue weighted by Gasteiger charge is -2.28. The van der Waals surface area contributed by atoms with Crippen molar-refractivity contribution in [2.45, 2.75) is 45.6 Å². The third-order valence-corrected chi connectivity index (χ3v) is 4.28. The predicted molar refractivity (Wildman–Crippen MR) is 82.5 cm³/mol. The molecule has 2 rings (SSSR count). The maximum absolute atomic E-state index is 5.90. The number of ether oxygens (including phenoxy) is 2. The zero-order valence-electron chi connectivity index (χ0n) is 12.9. The minimum atomic E-state index is 0.310. The first kappa shape index (κ1) is 15.2. The van der Waals surface area contributed by atoms with Crippen molar-refractivity contribution in [3.8, 4) is 11.5 Å². The summed E-state index contributed by atoms with van der Waals surface area (Å²) < 4.78 is 11.2. The van der Waals surface area contributed by atoms with E-state index in [2.05, 4.69) is 19.2 Å². The summed E-state index contributed by atoms with van der Waals surface area (Å²) in [5, 5.41) is 3.64. The molecular formula is C17H27NO2. The summed E-state index contributed by atoms with van der Waals surface area (Å²) in [6.45, 7) is 6.42. The molecule has 0 bridgehead atoms. The molecule has 0 radical (unpaired) electrons. The minimum Gasteiger partial charge on any atom is -0.493 e. The van der Waals surface area contributed by atoms with Crippen LogP contribution in [-0.4, -0.2) is 26.3 Å². The number of nitrogens with one attached hydrogen (secondary N) is 1. The number of benzene rings is 1. The van der Waals surface area contributed by atoms with Gasteiger partial charge in [-0.05, 0) is 43.2 Å². The SMILES string of the molecule is CCC(C)(CCOc1ccccc1OC)CNC1CC1. The van der Waals surface area contributed by atoms with Crippen LogP contribution in [0.1, 0.15) is 39.5 Å². The van der Waals surface area contributed by atoms with Crippen molar-refractivity contribution < 1.29 is 9.47 Å². The second-order valence-corrected chi connectivity index (χ2v) is 6.07. The van der Waals surface area contributed by atoms with Gasteiger partial charge in [0.05, 0.1) is 13.7 Å². The van der Waals surface area contributed by atoms with E-state index in [1.807, 2.05) is 24.3 Å². The predicted octanol–water partition coefficient (Wildman–Crippen LogP) is 3.63. The second-order valence-electron chi connectivity index (χ2n) is 6.07. The molecule has 0 aliphatic heterocycles. The van der Waals surface area contributed by atoms with E-state index in [1.165, 1.54) is 19.3 Å². The fourth-order valence-corrected chi connectivity index (χ4v) is 2.21. The van der Waals surface area contributed by atoms with Crippen LogP contribution in [0.2, 0.25) is 0 Å². The highest BCUT2D eigenvalue weighted by atomic mass is 16.5. The molecule has 1 aliphatic carbocycles. The van der Waals surface area contributed by atoms with Crippen LogP contribution in [0.4, 0.5) is 0 Å². The van der Waals surface area contributed by atoms with E-state index in [9.17, 15) is 0 Å². The molecule has 0 spiro atoms. The van der Waals surface area contributed by atoms with Crippen molar-refractivity contribution in [1.82, 2.24) is 5.32 Å². The Hall–Kier alpha value is -1.22. The normalized spacial score (nSPS) is 17.6. The first-order valence-corrected chi connectivity index (χ1v) is 7.66. The van der Waals surface area contributed by atoms with Gasteiger partial charge in [0.15, 0.2) is 11.5 Å². The first-order chi connectivity index (χ1) is 9.67. The van der Waals surface area contributed by atoms with E-state index in [0.717, 1.165) is 37.1 Å². The van der Waals surface area contributed by atoms with E-state index >= 15 is 0 Å². The molecule has 20 heavy (non-hydrogen) atoms. The average Bonchev–Trinajstić information content (AvgIpc) is 3.30. The van der Waals surface area contributed by atoms with Crippen molar-refractivity contribution in [1.29, 1.82) is 0 Å². The number of para-hydroxylation sites is 2. The van der Waals surface area contributed by atoms with Crippen molar-refractivity contribution in [2.75, 3.05) is 20.3 Å². The Bertz CT molecular complexity index is 417. The van der Waals surface area contributed by atoms with Gasteiger partial charge < -0.3 is 14.8 Å². The van der Waals surface area contributed by atoms with E-state index in [1.54, 1.807) is 7.11 Å². The molecule has 1 atom stereocenters. The van der Waals surface area contributed by atoms with Gasteiger partial charge in [-0.1, -0.05) is 26.0 Å². The third-order valence-electron chi connectivity index (χ3n) is 4.28. The molecule has 3 nitrogen and oxygen atoms in total. The second kappa shape index (κ2) is 6.98. The zero-order chi connectivity index (χ0) is 14.4. The summed E-state index contributed by atoms with van der Waals surface area (Å²) in [6, 6.07) is 8.61. The van der Waals surface area contributed by atoms with Crippen molar-refractivity contribution >= 4 is 0 Å². The summed E-state index contributed by atoms with van der Waals surface area (Å²) in [7, 11) is 1.68. The molecule has 112 valence electrons. The largest absolute Gasteiger partial charge is 0.493 e. The van der Waals surface area contributed by atoms with Gasteiger partial charge in [0.2, 0.25) is 0 Å². The fourth-order valence-electron chi connectivity index (χ4n) is 2.21. The van der Waals surface area contributed by atoms with Crippen LogP contribution in [-0.2, 0) is 0 Å². The lowest BCUT2D eigenvalue weighted by Crippen LogP contribution is -2.34. The third kappa shape index (κ3) is 4.41. The molecule has 1 N–H and O–H groups in total. The zero-order valence-corrected chi connectivity index (χ0v) is 12.9. The van der Waals surface area contributed by atoms with Gasteiger partial charge in [-0.2, -0.15) is 0 Å². The van der Waals surface area contributed by atoms with Crippen LogP contribution in [0.5, 0.6) is 11.5 Å². The van der Waals surface area contributed by atoms with Gasteiger partial charge in [-0.3, -0.25) is 0 Å². The lowest BCUT2D eigenvalue weighted by molar-refractivity contribution is 0.195. The van der Waals surface area contributed by atoms with E-state index in [-0.39, 0.29) is 0 Å². The van der Waals surface area contributed by atoms with Gasteiger partial charge in [0, 0.05) is 12.6 Å². The van der Waals surface area contributed by atoms with Gasteiger partial charge in [-0.15, -0.1) is 0 Å². The first-order valence-electron chi connectivity index (χ1n) is 7.66. The number of hydrogen-bond acceptors (Lipinski definition) is 3. The standard InChI is InChI=1S/C17H27NO2/c1-4-17(2,13-18-14-9-10-14)11-12-20-16-8-6-5-7-15(16)19-3/h5-8,14,18H,4,9-13H2,1-3H3. The molecule has 3 heteroatoms. The quantitative estimate of drug-likeness (QED) is 0.747. The van der Waals surface area contributed by atoms with Crippen LogP contribution in [0.15, 0.2) is 24.3 Å². The Kier molecular flexibility index (Phi) is 5.30. The molecule has 1 aliphatic rings. The average molecular weight is 277 g/mol. The van der Waals surface area contributed by atoms with Gasteiger partial charge in [0.25, 0.3) is 0 Å². The molecule has 0 heterocycles. The molecule has 1 saturated carbocycles. The van der Waals surface area contributed by atoms with Gasteiger partial charge >= 0.3 is 0 Å². The Balaban J connectivity index is 1.80. The smallest absolute Gasteiger partial charge is 0.161 e. The van der Waals surface area contributed by atoms with Gasteiger partial charge in [0.1, 0.15) is 0 Å². The summed E-state index contributed by atoms with van der Waals surface area (Å²) in [5.41, 5.74) is 0.310. The topological polar surface area (TPSA) is 30.5 Å². The minimum absolute atomic E-state index is 0.310. The van der Waals surface area contributed by atoms with E-state index in [4.69, 9.17) is 9.47 Å². The summed E-state index contributed by atoms with van der Waals surface area (Å²) in [4.78, 5) is 0. The Morgan fingerprint density at radius 2 is 1.95 bits per heavy atom. The Morgan fingerprint density at radius 1 is 1.25 bits per heavy atom. The number of hydrogen-bond donors (Lipinski definition) is 1. The van der Waals surface area contributed by atoms with Crippen LogP contribution in [0, 0.1) is 5.41 Å². The summed E-state index contributed by atoms with van der Waals surface area (Å²) >= 11 is 0. The highest BCUT2D eigenvalue weighted by Crippen LogP contribution is 2.30. The molecule has 1 aromatic rings. The molecule has 0 saturated heterocycles. The highest BCUT2D eigenvalue weighted by molar-refractivity contribution is 5.39. The highest BCUT2D eigenvalue weighted by Gasteiger charge is 2.27. The molecule has 0 aromatic heterocycles. The molecular weight excluding hydrogens is 250 g/mol. The van der Waals surface area contributed by atoms with Crippen LogP contribution >= 0.6 is 0 Å². The lowest BCUT2D eigenvalue weighted by atomic mass is 9.84. The van der Waals surface area contributed by atoms with Crippen molar-refractivity contribution in [2.24, 2.45) is 5.41 Å². The van der Waals surface area contributed by atoms with Gasteiger partial charge in [-0.25, -0.2) is 0 Å². The van der Waals surface area contributed by atoms with Crippen molar-refractivity contribution in [3.63, 3.8) is 0 Å². The summed E-state index contributed by atoms with van der Waals surface area (Å²) in [5.74, 6) is 1.64. The van der Waals surface area contributed by atoms with E-state index in [0.29, 0.717) is 5.41 Å². The molecule has 1 fully saturated rings.